The molecule has 3 nitrogen and oxygen atoms in total. The third kappa shape index (κ3) is 6.41. The molecule has 0 saturated heterocycles. The van der Waals surface area contributed by atoms with E-state index in [1.165, 1.54) is 0 Å². The summed E-state index contributed by atoms with van der Waals surface area (Å²) in [4.78, 5) is 0. The minimum Gasteiger partial charge on any atom is -0.392 e. The fourth-order valence-corrected chi connectivity index (χ4v) is 2.03. The van der Waals surface area contributed by atoms with E-state index < -0.39 is 33.6 Å². The number of halogens is 3. The highest BCUT2D eigenvalue weighted by Crippen LogP contribution is 2.17. The molecular weight excluding hydrogens is 197 g/mol. The molecule has 7 heteroatoms. The Kier molecular flexibility index (Phi) is 3.52. The molecule has 12 heavy (non-hydrogen) atoms. The Morgan fingerprint density at radius 2 is 1.83 bits per heavy atom. The van der Waals surface area contributed by atoms with Gasteiger partial charge in [0.15, 0.2) is 9.84 Å². The van der Waals surface area contributed by atoms with Gasteiger partial charge in [0.2, 0.25) is 0 Å². The van der Waals surface area contributed by atoms with Crippen LogP contribution in [0.3, 0.4) is 0 Å². The fourth-order valence-electron chi connectivity index (χ4n) is 0.676. The molecule has 1 N–H and O–H groups in total. The number of rotatable bonds is 3. The Bertz CT molecular complexity index is 229. The van der Waals surface area contributed by atoms with Crippen molar-refractivity contribution in [1.29, 1.82) is 0 Å². The molecular formula is C5H9F3O3S. The van der Waals surface area contributed by atoms with Crippen LogP contribution in [-0.2, 0) is 9.84 Å². The van der Waals surface area contributed by atoms with Crippen LogP contribution in [0.4, 0.5) is 13.2 Å². The SMILES string of the molecule is CC(O)CS(=O)(=O)CC(F)(F)F. The Morgan fingerprint density at radius 3 is 2.08 bits per heavy atom. The van der Waals surface area contributed by atoms with Crippen LogP contribution in [0.1, 0.15) is 6.92 Å². The van der Waals surface area contributed by atoms with Crippen LogP contribution in [-0.4, -0.2) is 37.3 Å². The van der Waals surface area contributed by atoms with Crippen molar-refractivity contribution in [3.63, 3.8) is 0 Å². The summed E-state index contributed by atoms with van der Waals surface area (Å²) in [6, 6.07) is 0. The molecule has 0 aliphatic rings. The molecule has 0 saturated carbocycles. The Hall–Kier alpha value is -0.300. The monoisotopic (exact) mass is 206 g/mol. The maximum Gasteiger partial charge on any atom is 0.402 e. The first-order chi connectivity index (χ1) is 5.12. The quantitative estimate of drug-likeness (QED) is 0.724. The van der Waals surface area contributed by atoms with E-state index in [1.54, 1.807) is 0 Å². The Balaban J connectivity index is 4.26. The van der Waals surface area contributed by atoms with Crippen molar-refractivity contribution >= 4 is 9.84 Å². The molecule has 1 unspecified atom stereocenters. The highest BCUT2D eigenvalue weighted by Gasteiger charge is 2.35. The summed E-state index contributed by atoms with van der Waals surface area (Å²) in [6.07, 6.45) is -5.99. The summed E-state index contributed by atoms with van der Waals surface area (Å²) in [5.74, 6) is -2.72. The first kappa shape index (κ1) is 11.7. The van der Waals surface area contributed by atoms with Gasteiger partial charge in [0.25, 0.3) is 0 Å². The van der Waals surface area contributed by atoms with E-state index >= 15 is 0 Å². The van der Waals surface area contributed by atoms with Gasteiger partial charge >= 0.3 is 6.18 Å². The van der Waals surface area contributed by atoms with Crippen LogP contribution in [0, 0.1) is 0 Å². The van der Waals surface area contributed by atoms with Crippen LogP contribution in [0.15, 0.2) is 0 Å². The summed E-state index contributed by atoms with van der Waals surface area (Å²) in [7, 11) is -4.21. The average molecular weight is 206 g/mol. The summed E-state index contributed by atoms with van der Waals surface area (Å²) in [5, 5.41) is 8.54. The second-order valence-electron chi connectivity index (χ2n) is 2.52. The zero-order valence-corrected chi connectivity index (χ0v) is 7.11. The zero-order chi connectivity index (χ0) is 9.99. The average Bonchev–Trinajstić information content (AvgIpc) is 1.48. The minimum atomic E-state index is -4.73. The molecule has 0 aliphatic heterocycles. The number of aliphatic hydroxyl groups excluding tert-OH is 1. The van der Waals surface area contributed by atoms with Crippen molar-refractivity contribution in [3.05, 3.63) is 0 Å². The molecule has 1 atom stereocenters. The number of alkyl halides is 3. The van der Waals surface area contributed by atoms with E-state index in [9.17, 15) is 21.6 Å². The van der Waals surface area contributed by atoms with Gasteiger partial charge in [0, 0.05) is 0 Å². The third-order valence-corrected chi connectivity index (χ3v) is 2.64. The zero-order valence-electron chi connectivity index (χ0n) is 6.30. The molecule has 0 aromatic rings. The molecule has 0 fully saturated rings. The van der Waals surface area contributed by atoms with Gasteiger partial charge in [-0.3, -0.25) is 0 Å². The van der Waals surface area contributed by atoms with Gasteiger partial charge in [0.1, 0.15) is 5.75 Å². The van der Waals surface area contributed by atoms with Gasteiger partial charge in [-0.2, -0.15) is 13.2 Å². The van der Waals surface area contributed by atoms with Crippen LogP contribution in [0.25, 0.3) is 0 Å². The molecule has 0 bridgehead atoms. The van der Waals surface area contributed by atoms with E-state index in [0.717, 1.165) is 6.92 Å². The highest BCUT2D eigenvalue weighted by atomic mass is 32.2. The predicted molar refractivity (Wildman–Crippen MR) is 36.4 cm³/mol. The lowest BCUT2D eigenvalue weighted by atomic mass is 10.5. The first-order valence-electron chi connectivity index (χ1n) is 3.07. The van der Waals surface area contributed by atoms with Gasteiger partial charge < -0.3 is 5.11 Å². The van der Waals surface area contributed by atoms with E-state index in [1.807, 2.05) is 0 Å². The minimum absolute atomic E-state index is 0.855. The molecule has 0 aromatic heterocycles. The van der Waals surface area contributed by atoms with E-state index in [2.05, 4.69) is 0 Å². The van der Waals surface area contributed by atoms with Gasteiger partial charge in [-0.05, 0) is 6.92 Å². The van der Waals surface area contributed by atoms with Crippen LogP contribution >= 0.6 is 0 Å². The van der Waals surface area contributed by atoms with Gasteiger partial charge in [-0.1, -0.05) is 0 Å². The summed E-state index contributed by atoms with van der Waals surface area (Å²) in [5.41, 5.74) is 0. The maximum absolute atomic E-state index is 11.5. The number of hydrogen-bond donors (Lipinski definition) is 1. The van der Waals surface area contributed by atoms with Crippen molar-refractivity contribution < 1.29 is 26.7 Å². The van der Waals surface area contributed by atoms with Gasteiger partial charge in [-0.15, -0.1) is 0 Å². The number of hydrogen-bond acceptors (Lipinski definition) is 3. The van der Waals surface area contributed by atoms with Gasteiger partial charge in [0.05, 0.1) is 11.9 Å². The van der Waals surface area contributed by atoms with Crippen LogP contribution in [0.5, 0.6) is 0 Å². The van der Waals surface area contributed by atoms with Crippen molar-refractivity contribution in [3.8, 4) is 0 Å². The Morgan fingerprint density at radius 1 is 1.42 bits per heavy atom. The van der Waals surface area contributed by atoms with Crippen molar-refractivity contribution in [1.82, 2.24) is 0 Å². The topological polar surface area (TPSA) is 54.4 Å². The normalized spacial score (nSPS) is 16.1. The molecule has 0 spiro atoms. The van der Waals surface area contributed by atoms with E-state index in [0.29, 0.717) is 0 Å². The molecule has 0 aliphatic carbocycles. The molecule has 0 heterocycles. The maximum atomic E-state index is 11.5. The molecule has 0 aromatic carbocycles. The second kappa shape index (κ2) is 3.61. The predicted octanol–water partition coefficient (Wildman–Crippen LogP) is 0.344. The highest BCUT2D eigenvalue weighted by molar-refractivity contribution is 7.91. The Labute approximate surface area is 68.1 Å². The van der Waals surface area contributed by atoms with E-state index in [-0.39, 0.29) is 0 Å². The smallest absolute Gasteiger partial charge is 0.392 e. The van der Waals surface area contributed by atoms with Crippen molar-refractivity contribution in [2.24, 2.45) is 0 Å². The molecule has 0 amide bonds. The van der Waals surface area contributed by atoms with Crippen molar-refractivity contribution in [2.75, 3.05) is 11.5 Å². The summed E-state index contributed by atoms with van der Waals surface area (Å²) < 4.78 is 55.8. The van der Waals surface area contributed by atoms with Gasteiger partial charge in [-0.25, -0.2) is 8.42 Å². The number of sulfone groups is 1. The number of aliphatic hydroxyl groups is 1. The summed E-state index contributed by atoms with van der Waals surface area (Å²) >= 11 is 0. The molecule has 0 rings (SSSR count). The molecule has 74 valence electrons. The molecule has 0 radical (unpaired) electrons. The van der Waals surface area contributed by atoms with Crippen molar-refractivity contribution in [2.45, 2.75) is 19.2 Å². The standard InChI is InChI=1S/C5H9F3O3S/c1-4(9)2-12(10,11)3-5(6,7)8/h4,9H,2-3H2,1H3. The van der Waals surface area contributed by atoms with E-state index in [4.69, 9.17) is 5.11 Å². The van der Waals surface area contributed by atoms with Crippen LogP contribution < -0.4 is 0 Å². The van der Waals surface area contributed by atoms with Crippen LogP contribution in [0.2, 0.25) is 0 Å². The first-order valence-corrected chi connectivity index (χ1v) is 4.90. The lowest BCUT2D eigenvalue weighted by molar-refractivity contribution is -0.106. The lowest BCUT2D eigenvalue weighted by Crippen LogP contribution is -2.28. The lowest BCUT2D eigenvalue weighted by Gasteiger charge is -2.08. The summed E-state index contributed by atoms with van der Waals surface area (Å²) in [6.45, 7) is 1.12. The largest absolute Gasteiger partial charge is 0.402 e. The fraction of sp³-hybridized carbons (Fsp3) is 1.00. The third-order valence-electron chi connectivity index (χ3n) is 0.879. The second-order valence-corrected chi connectivity index (χ2v) is 4.63.